The Hall–Kier alpha value is -0.290. The van der Waals surface area contributed by atoms with Crippen LogP contribution in [0.5, 0.6) is 0 Å². The third kappa shape index (κ3) is 7.15. The lowest BCUT2D eigenvalue weighted by Gasteiger charge is -2.25. The molecule has 0 spiro atoms. The summed E-state index contributed by atoms with van der Waals surface area (Å²) in [5, 5.41) is 0. The molecule has 86 valence electrons. The largest absolute Gasteiger partial charge is 0.401 e. The molecule has 5 heteroatoms. The predicted octanol–water partition coefficient (Wildman–Crippen LogP) is 1.86. The van der Waals surface area contributed by atoms with Gasteiger partial charge in [-0.25, -0.2) is 0 Å². The maximum absolute atomic E-state index is 12.1. The second-order valence-electron chi connectivity index (χ2n) is 3.69. The van der Waals surface area contributed by atoms with E-state index in [1.807, 2.05) is 13.8 Å². The quantitative estimate of drug-likeness (QED) is 0.728. The molecule has 0 rings (SSSR count). The first-order valence-corrected chi connectivity index (χ1v) is 4.88. The highest BCUT2D eigenvalue weighted by atomic mass is 19.4. The molecular weight excluding hydrogens is 193 g/mol. The monoisotopic (exact) mass is 212 g/mol. The Morgan fingerprint density at radius 2 is 1.93 bits per heavy atom. The summed E-state index contributed by atoms with van der Waals surface area (Å²) in [7, 11) is 0. The Kier molecular flexibility index (Phi) is 6.11. The average Bonchev–Trinajstić information content (AvgIpc) is 2.01. The molecule has 14 heavy (non-hydrogen) atoms. The highest BCUT2D eigenvalue weighted by Crippen LogP contribution is 2.17. The Morgan fingerprint density at radius 3 is 2.29 bits per heavy atom. The van der Waals surface area contributed by atoms with E-state index < -0.39 is 12.7 Å². The maximum atomic E-state index is 12.1. The van der Waals surface area contributed by atoms with Crippen molar-refractivity contribution in [1.82, 2.24) is 4.90 Å². The fraction of sp³-hybridized carbons (Fsp3) is 1.00. The fourth-order valence-corrected chi connectivity index (χ4v) is 1.32. The van der Waals surface area contributed by atoms with Gasteiger partial charge in [0.1, 0.15) is 0 Å². The summed E-state index contributed by atoms with van der Waals surface area (Å²) >= 11 is 0. The molecule has 0 amide bonds. The molecule has 0 aliphatic rings. The van der Waals surface area contributed by atoms with Crippen LogP contribution in [0.2, 0.25) is 0 Å². The van der Waals surface area contributed by atoms with Gasteiger partial charge in [-0.05, 0) is 25.4 Å². The van der Waals surface area contributed by atoms with Crippen molar-refractivity contribution in [2.45, 2.75) is 26.4 Å². The van der Waals surface area contributed by atoms with Gasteiger partial charge in [-0.2, -0.15) is 13.2 Å². The molecule has 2 N–H and O–H groups in total. The van der Waals surface area contributed by atoms with Crippen LogP contribution in [0.1, 0.15) is 20.3 Å². The number of hydrogen-bond donors (Lipinski definition) is 1. The normalized spacial score (nSPS) is 14.8. The van der Waals surface area contributed by atoms with Gasteiger partial charge in [0.2, 0.25) is 0 Å². The van der Waals surface area contributed by atoms with Gasteiger partial charge in [0.25, 0.3) is 0 Å². The smallest absolute Gasteiger partial charge is 0.330 e. The van der Waals surface area contributed by atoms with Gasteiger partial charge >= 0.3 is 6.18 Å². The van der Waals surface area contributed by atoms with Crippen molar-refractivity contribution in [1.29, 1.82) is 0 Å². The zero-order valence-electron chi connectivity index (χ0n) is 8.77. The highest BCUT2D eigenvalue weighted by Gasteiger charge is 2.30. The molecule has 0 aromatic heterocycles. The first-order chi connectivity index (χ1) is 6.39. The number of hydrogen-bond acceptors (Lipinski definition) is 2. The topological polar surface area (TPSA) is 29.3 Å². The van der Waals surface area contributed by atoms with Gasteiger partial charge in [0.15, 0.2) is 0 Å². The minimum atomic E-state index is -4.11. The molecule has 0 saturated carbocycles. The number of nitrogens with zero attached hydrogens (tertiary/aromatic N) is 1. The Labute approximate surface area is 83.3 Å². The first kappa shape index (κ1) is 13.7. The number of alkyl halides is 3. The molecule has 0 aliphatic heterocycles. The van der Waals surface area contributed by atoms with Crippen LogP contribution in [0.4, 0.5) is 13.2 Å². The Balaban J connectivity index is 4.01. The van der Waals surface area contributed by atoms with Gasteiger partial charge in [0, 0.05) is 6.54 Å². The van der Waals surface area contributed by atoms with Crippen molar-refractivity contribution in [2.75, 3.05) is 26.2 Å². The number of rotatable bonds is 6. The fourth-order valence-electron chi connectivity index (χ4n) is 1.32. The van der Waals surface area contributed by atoms with E-state index >= 15 is 0 Å². The van der Waals surface area contributed by atoms with Crippen LogP contribution >= 0.6 is 0 Å². The lowest BCUT2D eigenvalue weighted by atomic mass is 10.1. The standard InChI is InChI=1S/C9H19F3N2/c1-3-4-14(6-8(2)5-13)7-9(10,11)12/h8H,3-7,13H2,1-2H3. The Bertz CT molecular complexity index is 147. The van der Waals surface area contributed by atoms with Crippen molar-refractivity contribution < 1.29 is 13.2 Å². The van der Waals surface area contributed by atoms with Crippen LogP contribution in [0, 0.1) is 5.92 Å². The van der Waals surface area contributed by atoms with E-state index in [1.54, 1.807) is 0 Å². The molecule has 0 radical (unpaired) electrons. The zero-order chi connectivity index (χ0) is 11.2. The van der Waals surface area contributed by atoms with E-state index in [0.29, 0.717) is 19.6 Å². The molecule has 0 heterocycles. The summed E-state index contributed by atoms with van der Waals surface area (Å²) in [6.45, 7) is 4.23. The minimum absolute atomic E-state index is 0.115. The third-order valence-electron chi connectivity index (χ3n) is 1.91. The molecule has 0 saturated heterocycles. The molecular formula is C9H19F3N2. The van der Waals surface area contributed by atoms with Gasteiger partial charge in [0.05, 0.1) is 6.54 Å². The third-order valence-corrected chi connectivity index (χ3v) is 1.91. The van der Waals surface area contributed by atoms with Crippen LogP contribution in [0.15, 0.2) is 0 Å². The summed E-state index contributed by atoms with van der Waals surface area (Å²) in [4.78, 5) is 1.41. The van der Waals surface area contributed by atoms with E-state index in [2.05, 4.69) is 0 Å². The molecule has 1 atom stereocenters. The van der Waals surface area contributed by atoms with E-state index in [1.165, 1.54) is 4.90 Å². The second-order valence-corrected chi connectivity index (χ2v) is 3.69. The lowest BCUT2D eigenvalue weighted by Crippen LogP contribution is -2.39. The van der Waals surface area contributed by atoms with E-state index in [9.17, 15) is 13.2 Å². The van der Waals surface area contributed by atoms with Gasteiger partial charge in [-0.15, -0.1) is 0 Å². The summed E-state index contributed by atoms with van der Waals surface area (Å²) < 4.78 is 36.3. The van der Waals surface area contributed by atoms with Crippen molar-refractivity contribution in [3.63, 3.8) is 0 Å². The van der Waals surface area contributed by atoms with E-state index in [4.69, 9.17) is 5.73 Å². The first-order valence-electron chi connectivity index (χ1n) is 4.88. The highest BCUT2D eigenvalue weighted by molar-refractivity contribution is 4.66. The molecule has 1 unspecified atom stereocenters. The van der Waals surface area contributed by atoms with Crippen LogP contribution < -0.4 is 5.73 Å². The molecule has 0 bridgehead atoms. The second kappa shape index (κ2) is 6.24. The summed E-state index contributed by atoms with van der Waals surface area (Å²) in [6, 6.07) is 0. The van der Waals surface area contributed by atoms with E-state index in [0.717, 1.165) is 6.42 Å². The van der Waals surface area contributed by atoms with Gasteiger partial charge < -0.3 is 5.73 Å². The predicted molar refractivity (Wildman–Crippen MR) is 51.0 cm³/mol. The minimum Gasteiger partial charge on any atom is -0.330 e. The SMILES string of the molecule is CCCN(CC(C)CN)CC(F)(F)F. The Morgan fingerprint density at radius 1 is 1.36 bits per heavy atom. The van der Waals surface area contributed by atoms with E-state index in [-0.39, 0.29) is 5.92 Å². The average molecular weight is 212 g/mol. The summed E-state index contributed by atoms with van der Waals surface area (Å²) in [5.41, 5.74) is 5.37. The van der Waals surface area contributed by atoms with Gasteiger partial charge in [-0.3, -0.25) is 4.90 Å². The van der Waals surface area contributed by atoms with Crippen LogP contribution in [-0.2, 0) is 0 Å². The van der Waals surface area contributed by atoms with Crippen LogP contribution in [0.25, 0.3) is 0 Å². The number of nitrogens with two attached hydrogens (primary N) is 1. The van der Waals surface area contributed by atoms with Crippen molar-refractivity contribution in [2.24, 2.45) is 11.7 Å². The van der Waals surface area contributed by atoms with Crippen molar-refractivity contribution in [3.8, 4) is 0 Å². The van der Waals surface area contributed by atoms with Gasteiger partial charge in [-0.1, -0.05) is 13.8 Å². The summed E-state index contributed by atoms with van der Waals surface area (Å²) in [6.07, 6.45) is -3.38. The zero-order valence-corrected chi connectivity index (χ0v) is 8.77. The molecule has 2 nitrogen and oxygen atoms in total. The van der Waals surface area contributed by atoms with Crippen molar-refractivity contribution in [3.05, 3.63) is 0 Å². The molecule has 0 aliphatic carbocycles. The molecule has 0 aromatic rings. The van der Waals surface area contributed by atoms with Crippen molar-refractivity contribution >= 4 is 0 Å². The lowest BCUT2D eigenvalue weighted by molar-refractivity contribution is -0.146. The molecule has 0 fully saturated rings. The summed E-state index contributed by atoms with van der Waals surface area (Å²) in [5.74, 6) is 0.115. The maximum Gasteiger partial charge on any atom is 0.401 e. The molecule has 0 aromatic carbocycles. The van der Waals surface area contributed by atoms with Crippen LogP contribution in [-0.4, -0.2) is 37.3 Å². The number of halogens is 3. The van der Waals surface area contributed by atoms with Crippen LogP contribution in [0.3, 0.4) is 0 Å².